The minimum absolute atomic E-state index is 0.0144. The number of pyridine rings is 1. The number of aromatic nitrogens is 1. The Morgan fingerprint density at radius 2 is 2.00 bits per heavy atom. The third-order valence-electron chi connectivity index (χ3n) is 4.28. The van der Waals surface area contributed by atoms with Gasteiger partial charge in [-0.25, -0.2) is 4.98 Å². The van der Waals surface area contributed by atoms with Crippen LogP contribution >= 0.6 is 11.6 Å². The van der Waals surface area contributed by atoms with Gasteiger partial charge in [0.15, 0.2) is 0 Å². The second-order valence-corrected chi connectivity index (χ2v) is 6.09. The number of hydrogen-bond donors (Lipinski definition) is 0. The van der Waals surface area contributed by atoms with E-state index in [4.69, 9.17) is 16.3 Å². The molecule has 136 valence electrons. The number of carbonyl (C=O) groups excluding carboxylic acids is 1. The van der Waals surface area contributed by atoms with E-state index in [-0.39, 0.29) is 16.7 Å². The van der Waals surface area contributed by atoms with Crippen molar-refractivity contribution in [2.45, 2.75) is 0 Å². The smallest absolute Gasteiger partial charge is 0.296 e. The Morgan fingerprint density at radius 3 is 2.62 bits per heavy atom. The monoisotopic (exact) mass is 376 g/mol. The predicted molar refractivity (Wildman–Crippen MR) is 97.0 cm³/mol. The molecule has 1 aromatic heterocycles. The maximum absolute atomic E-state index is 12.6. The highest BCUT2D eigenvalue weighted by Crippen LogP contribution is 2.32. The summed E-state index contributed by atoms with van der Waals surface area (Å²) >= 11 is 5.99. The highest BCUT2D eigenvalue weighted by molar-refractivity contribution is 6.32. The van der Waals surface area contributed by atoms with Crippen molar-refractivity contribution in [3.05, 3.63) is 57.4 Å². The van der Waals surface area contributed by atoms with Crippen molar-refractivity contribution in [1.29, 1.82) is 0 Å². The summed E-state index contributed by atoms with van der Waals surface area (Å²) in [5.74, 6) is 0.243. The molecule has 0 atom stereocenters. The van der Waals surface area contributed by atoms with Crippen LogP contribution < -0.4 is 9.64 Å². The zero-order chi connectivity index (χ0) is 18.7. The van der Waals surface area contributed by atoms with Gasteiger partial charge in [0.25, 0.3) is 11.6 Å². The van der Waals surface area contributed by atoms with Crippen LogP contribution in [0.1, 0.15) is 10.4 Å². The minimum Gasteiger partial charge on any atom is -0.496 e. The molecule has 1 aromatic carbocycles. The number of carbonyl (C=O) groups is 1. The number of methoxy groups -OCH3 is 1. The molecule has 0 aliphatic carbocycles. The van der Waals surface area contributed by atoms with Crippen LogP contribution in [0.3, 0.4) is 0 Å². The first-order valence-corrected chi connectivity index (χ1v) is 8.36. The molecule has 3 rings (SSSR count). The van der Waals surface area contributed by atoms with E-state index in [0.717, 1.165) is 0 Å². The Morgan fingerprint density at radius 1 is 1.27 bits per heavy atom. The van der Waals surface area contributed by atoms with Crippen LogP contribution in [0, 0.1) is 10.1 Å². The van der Waals surface area contributed by atoms with Crippen LogP contribution in [0.15, 0.2) is 36.5 Å². The summed E-state index contributed by atoms with van der Waals surface area (Å²) in [5, 5.41) is 11.5. The molecule has 0 saturated carbocycles. The van der Waals surface area contributed by atoms with Gasteiger partial charge in [-0.2, -0.15) is 0 Å². The van der Waals surface area contributed by atoms with Gasteiger partial charge in [-0.15, -0.1) is 0 Å². The van der Waals surface area contributed by atoms with Crippen LogP contribution in [0.2, 0.25) is 5.15 Å². The van der Waals surface area contributed by atoms with Gasteiger partial charge in [-0.1, -0.05) is 11.6 Å². The molecule has 0 N–H and O–H groups in total. The molecular formula is C17H17ClN4O4. The van der Waals surface area contributed by atoms with Crippen molar-refractivity contribution in [3.8, 4) is 5.75 Å². The number of rotatable bonds is 4. The second-order valence-electron chi connectivity index (χ2n) is 5.73. The van der Waals surface area contributed by atoms with Crippen molar-refractivity contribution in [1.82, 2.24) is 9.88 Å². The maximum atomic E-state index is 12.6. The number of benzene rings is 1. The average Bonchev–Trinajstić information content (AvgIpc) is 2.67. The molecule has 2 heterocycles. The first kappa shape index (κ1) is 17.9. The molecule has 1 aliphatic rings. The first-order valence-electron chi connectivity index (χ1n) is 7.98. The number of hydrogen-bond acceptors (Lipinski definition) is 6. The number of ether oxygens (including phenoxy) is 1. The SMILES string of the molecule is COc1ccc(N2CCN(C(=O)c3cccnc3Cl)CC2)c([N+](=O)[O-])c1. The van der Waals surface area contributed by atoms with Crippen molar-refractivity contribution in [2.24, 2.45) is 0 Å². The first-order chi connectivity index (χ1) is 12.5. The Kier molecular flexibility index (Phi) is 5.22. The minimum atomic E-state index is -0.426. The summed E-state index contributed by atoms with van der Waals surface area (Å²) < 4.78 is 5.06. The number of anilines is 1. The van der Waals surface area contributed by atoms with E-state index in [9.17, 15) is 14.9 Å². The van der Waals surface area contributed by atoms with E-state index in [2.05, 4.69) is 4.98 Å². The fourth-order valence-electron chi connectivity index (χ4n) is 2.91. The van der Waals surface area contributed by atoms with Crippen molar-refractivity contribution >= 4 is 28.9 Å². The predicted octanol–water partition coefficient (Wildman–Crippen LogP) is 2.61. The van der Waals surface area contributed by atoms with Gasteiger partial charge < -0.3 is 14.5 Å². The van der Waals surface area contributed by atoms with Crippen LogP contribution in [0.4, 0.5) is 11.4 Å². The summed E-state index contributed by atoms with van der Waals surface area (Å²) in [4.78, 5) is 31.0. The van der Waals surface area contributed by atoms with Gasteiger partial charge in [0, 0.05) is 32.4 Å². The van der Waals surface area contributed by atoms with E-state index in [1.165, 1.54) is 19.4 Å². The summed E-state index contributed by atoms with van der Waals surface area (Å²) in [5.41, 5.74) is 0.861. The van der Waals surface area contributed by atoms with E-state index in [1.54, 1.807) is 29.2 Å². The molecule has 2 aromatic rings. The Labute approximate surface area is 155 Å². The average molecular weight is 377 g/mol. The molecule has 1 fully saturated rings. The topological polar surface area (TPSA) is 88.8 Å². The standard InChI is InChI=1S/C17H17ClN4O4/c1-26-12-4-5-14(15(11-12)22(24)25)20-7-9-21(10-8-20)17(23)13-3-2-6-19-16(13)18/h2-6,11H,7-10H2,1H3. The van der Waals surface area contributed by atoms with Crippen molar-refractivity contribution in [3.63, 3.8) is 0 Å². The lowest BCUT2D eigenvalue weighted by molar-refractivity contribution is -0.384. The molecule has 1 aliphatic heterocycles. The lowest BCUT2D eigenvalue weighted by atomic mass is 10.2. The quantitative estimate of drug-likeness (QED) is 0.463. The molecule has 9 heteroatoms. The summed E-state index contributed by atoms with van der Waals surface area (Å²) in [6, 6.07) is 8.07. The van der Waals surface area contributed by atoms with Gasteiger partial charge in [-0.05, 0) is 24.3 Å². The van der Waals surface area contributed by atoms with E-state index in [1.807, 2.05) is 4.90 Å². The van der Waals surface area contributed by atoms with Crippen LogP contribution in [-0.2, 0) is 0 Å². The summed E-state index contributed by atoms with van der Waals surface area (Å²) in [6.45, 7) is 1.84. The molecule has 0 bridgehead atoms. The fourth-order valence-corrected chi connectivity index (χ4v) is 3.11. The van der Waals surface area contributed by atoms with Crippen molar-refractivity contribution < 1.29 is 14.5 Å². The second kappa shape index (κ2) is 7.57. The van der Waals surface area contributed by atoms with E-state index in [0.29, 0.717) is 43.2 Å². The fraction of sp³-hybridized carbons (Fsp3) is 0.294. The number of nitrogens with zero attached hydrogens (tertiary/aromatic N) is 4. The zero-order valence-corrected chi connectivity index (χ0v) is 14.8. The van der Waals surface area contributed by atoms with Gasteiger partial charge in [0.2, 0.25) is 0 Å². The normalized spacial score (nSPS) is 14.2. The van der Waals surface area contributed by atoms with Crippen molar-refractivity contribution in [2.75, 3.05) is 38.2 Å². The van der Waals surface area contributed by atoms with E-state index < -0.39 is 4.92 Å². The Balaban J connectivity index is 1.74. The van der Waals surface area contributed by atoms with Gasteiger partial charge in [0.05, 0.1) is 23.7 Å². The number of nitro groups is 1. The molecule has 1 saturated heterocycles. The number of halogens is 1. The summed E-state index contributed by atoms with van der Waals surface area (Å²) in [6.07, 6.45) is 1.53. The highest BCUT2D eigenvalue weighted by atomic mass is 35.5. The van der Waals surface area contributed by atoms with Crippen LogP contribution in [0.25, 0.3) is 0 Å². The van der Waals surface area contributed by atoms with E-state index >= 15 is 0 Å². The Bertz CT molecular complexity index is 837. The molecule has 0 radical (unpaired) electrons. The zero-order valence-electron chi connectivity index (χ0n) is 14.1. The number of piperazine rings is 1. The van der Waals surface area contributed by atoms with Gasteiger partial charge in [0.1, 0.15) is 16.6 Å². The highest BCUT2D eigenvalue weighted by Gasteiger charge is 2.27. The van der Waals surface area contributed by atoms with Crippen LogP contribution in [0.5, 0.6) is 5.75 Å². The lowest BCUT2D eigenvalue weighted by Gasteiger charge is -2.35. The molecular weight excluding hydrogens is 360 g/mol. The largest absolute Gasteiger partial charge is 0.496 e. The van der Waals surface area contributed by atoms with Gasteiger partial charge >= 0.3 is 0 Å². The Hall–Kier alpha value is -2.87. The number of nitro benzene ring substituents is 1. The molecule has 8 nitrogen and oxygen atoms in total. The van der Waals surface area contributed by atoms with Gasteiger partial charge in [-0.3, -0.25) is 14.9 Å². The molecule has 0 spiro atoms. The molecule has 26 heavy (non-hydrogen) atoms. The van der Waals surface area contributed by atoms with Crippen LogP contribution in [-0.4, -0.2) is 54.0 Å². The molecule has 0 unspecified atom stereocenters. The third-order valence-corrected chi connectivity index (χ3v) is 4.58. The number of amides is 1. The lowest BCUT2D eigenvalue weighted by Crippen LogP contribution is -2.49. The maximum Gasteiger partial charge on any atom is 0.296 e. The summed E-state index contributed by atoms with van der Waals surface area (Å²) in [7, 11) is 1.46. The third kappa shape index (κ3) is 3.55. The molecule has 1 amide bonds.